The second-order valence-electron chi connectivity index (χ2n) is 4.21. The Kier molecular flexibility index (Phi) is 3.53. The molecule has 0 bridgehead atoms. The second-order valence-corrected chi connectivity index (χ2v) is 4.21. The molecular weight excluding hydrogens is 222 g/mol. The Labute approximate surface area is 98.9 Å². The highest BCUT2D eigenvalue weighted by Crippen LogP contribution is 2.23. The first-order valence-corrected chi connectivity index (χ1v) is 5.69. The van der Waals surface area contributed by atoms with E-state index in [1.54, 1.807) is 0 Å². The zero-order valence-corrected chi connectivity index (χ0v) is 9.41. The summed E-state index contributed by atoms with van der Waals surface area (Å²) < 4.78 is 5.62. The first kappa shape index (κ1) is 11.8. The lowest BCUT2D eigenvalue weighted by Gasteiger charge is -2.28. The van der Waals surface area contributed by atoms with Crippen molar-refractivity contribution in [3.8, 4) is 5.88 Å². The number of nitrogens with zero attached hydrogens (tertiary/aromatic N) is 2. The lowest BCUT2D eigenvalue weighted by molar-refractivity contribution is -0.385. The summed E-state index contributed by atoms with van der Waals surface area (Å²) in [5.74, 6) is 0.279. The summed E-state index contributed by atoms with van der Waals surface area (Å²) in [5, 5.41) is 10.6. The SMILES string of the molecule is NC1CCCCC1Oc1cc([N+](=O)[O-])ccn1. The second kappa shape index (κ2) is 5.09. The highest BCUT2D eigenvalue weighted by Gasteiger charge is 2.24. The zero-order valence-electron chi connectivity index (χ0n) is 9.41. The fourth-order valence-corrected chi connectivity index (χ4v) is 2.00. The van der Waals surface area contributed by atoms with Gasteiger partial charge in [0.15, 0.2) is 0 Å². The molecule has 92 valence electrons. The molecule has 2 N–H and O–H groups in total. The van der Waals surface area contributed by atoms with E-state index in [1.165, 1.54) is 18.3 Å². The fraction of sp³-hybridized carbons (Fsp3) is 0.545. The van der Waals surface area contributed by atoms with Crippen LogP contribution in [0.3, 0.4) is 0 Å². The summed E-state index contributed by atoms with van der Waals surface area (Å²) in [6.45, 7) is 0. The van der Waals surface area contributed by atoms with Crippen molar-refractivity contribution in [1.82, 2.24) is 4.98 Å². The van der Waals surface area contributed by atoms with Crippen molar-refractivity contribution in [2.45, 2.75) is 37.8 Å². The highest BCUT2D eigenvalue weighted by molar-refractivity contribution is 5.32. The number of rotatable bonds is 3. The largest absolute Gasteiger partial charge is 0.473 e. The third kappa shape index (κ3) is 2.91. The number of nitro groups is 1. The van der Waals surface area contributed by atoms with Gasteiger partial charge in [-0.15, -0.1) is 0 Å². The first-order valence-electron chi connectivity index (χ1n) is 5.69. The van der Waals surface area contributed by atoms with Crippen LogP contribution in [0.25, 0.3) is 0 Å². The summed E-state index contributed by atoms with van der Waals surface area (Å²) in [5.41, 5.74) is 5.92. The quantitative estimate of drug-likeness (QED) is 0.637. The van der Waals surface area contributed by atoms with Crippen LogP contribution in [0.15, 0.2) is 18.3 Å². The standard InChI is InChI=1S/C11H15N3O3/c12-9-3-1-2-4-10(9)17-11-7-8(14(15)16)5-6-13-11/h5-7,9-10H,1-4,12H2. The minimum atomic E-state index is -0.463. The van der Waals surface area contributed by atoms with Gasteiger partial charge in [0.1, 0.15) is 6.10 Å². The van der Waals surface area contributed by atoms with Crippen LogP contribution in [0.5, 0.6) is 5.88 Å². The third-order valence-electron chi connectivity index (χ3n) is 2.96. The molecule has 1 saturated carbocycles. The molecule has 6 nitrogen and oxygen atoms in total. The molecular formula is C11H15N3O3. The van der Waals surface area contributed by atoms with Gasteiger partial charge in [0.05, 0.1) is 11.0 Å². The molecule has 2 rings (SSSR count). The molecule has 1 aliphatic rings. The lowest BCUT2D eigenvalue weighted by Crippen LogP contribution is -2.41. The van der Waals surface area contributed by atoms with E-state index in [9.17, 15) is 10.1 Å². The summed E-state index contributed by atoms with van der Waals surface area (Å²) in [6.07, 6.45) is 5.29. The van der Waals surface area contributed by atoms with Gasteiger partial charge in [-0.2, -0.15) is 0 Å². The molecule has 1 aliphatic carbocycles. The van der Waals surface area contributed by atoms with E-state index in [-0.39, 0.29) is 23.7 Å². The molecule has 0 aromatic carbocycles. The number of hydrogen-bond donors (Lipinski definition) is 1. The van der Waals surface area contributed by atoms with Crippen LogP contribution in [0, 0.1) is 10.1 Å². The Morgan fingerprint density at radius 3 is 2.94 bits per heavy atom. The summed E-state index contributed by atoms with van der Waals surface area (Å²) >= 11 is 0. The molecule has 0 spiro atoms. The lowest BCUT2D eigenvalue weighted by atomic mass is 9.93. The zero-order chi connectivity index (χ0) is 12.3. The van der Waals surface area contributed by atoms with Gasteiger partial charge in [-0.1, -0.05) is 6.42 Å². The van der Waals surface area contributed by atoms with Crippen molar-refractivity contribution in [3.63, 3.8) is 0 Å². The smallest absolute Gasteiger partial charge is 0.276 e. The monoisotopic (exact) mass is 237 g/mol. The molecule has 1 aromatic heterocycles. The van der Waals surface area contributed by atoms with Gasteiger partial charge in [0, 0.05) is 18.3 Å². The van der Waals surface area contributed by atoms with Crippen LogP contribution in [-0.2, 0) is 0 Å². The van der Waals surface area contributed by atoms with Crippen molar-refractivity contribution in [1.29, 1.82) is 0 Å². The van der Waals surface area contributed by atoms with Crippen molar-refractivity contribution in [2.24, 2.45) is 5.73 Å². The predicted octanol–water partition coefficient (Wildman–Crippen LogP) is 1.64. The molecule has 2 atom stereocenters. The van der Waals surface area contributed by atoms with E-state index < -0.39 is 4.92 Å². The Morgan fingerprint density at radius 2 is 2.24 bits per heavy atom. The maximum Gasteiger partial charge on any atom is 0.276 e. The van der Waals surface area contributed by atoms with Crippen molar-refractivity contribution in [2.75, 3.05) is 0 Å². The molecule has 0 amide bonds. The van der Waals surface area contributed by atoms with Crippen molar-refractivity contribution >= 4 is 5.69 Å². The van der Waals surface area contributed by atoms with Gasteiger partial charge in [-0.3, -0.25) is 10.1 Å². The maximum atomic E-state index is 10.6. The number of ether oxygens (including phenoxy) is 1. The van der Waals surface area contributed by atoms with Gasteiger partial charge in [0.25, 0.3) is 5.69 Å². The van der Waals surface area contributed by atoms with E-state index in [1.807, 2.05) is 0 Å². The summed E-state index contributed by atoms with van der Waals surface area (Å²) in [4.78, 5) is 14.1. The van der Waals surface area contributed by atoms with Gasteiger partial charge >= 0.3 is 0 Å². The van der Waals surface area contributed by atoms with Gasteiger partial charge < -0.3 is 10.5 Å². The maximum absolute atomic E-state index is 10.6. The van der Waals surface area contributed by atoms with E-state index in [0.29, 0.717) is 0 Å². The molecule has 2 unspecified atom stereocenters. The molecule has 1 fully saturated rings. The molecule has 0 saturated heterocycles. The Bertz CT molecular complexity index is 411. The van der Waals surface area contributed by atoms with Gasteiger partial charge in [-0.05, 0) is 19.3 Å². The van der Waals surface area contributed by atoms with Crippen LogP contribution in [0.4, 0.5) is 5.69 Å². The number of hydrogen-bond acceptors (Lipinski definition) is 5. The summed E-state index contributed by atoms with van der Waals surface area (Å²) in [6, 6.07) is 2.67. The molecule has 6 heteroatoms. The minimum absolute atomic E-state index is 0.00943. The fourth-order valence-electron chi connectivity index (χ4n) is 2.00. The molecule has 17 heavy (non-hydrogen) atoms. The average molecular weight is 237 g/mol. The van der Waals surface area contributed by atoms with E-state index >= 15 is 0 Å². The van der Waals surface area contributed by atoms with Crippen LogP contribution in [-0.4, -0.2) is 22.1 Å². The number of pyridine rings is 1. The first-order chi connectivity index (χ1) is 8.16. The van der Waals surface area contributed by atoms with E-state index in [4.69, 9.17) is 10.5 Å². The van der Waals surface area contributed by atoms with E-state index in [0.717, 1.165) is 25.7 Å². The van der Waals surface area contributed by atoms with Crippen LogP contribution >= 0.6 is 0 Å². The Morgan fingerprint density at radius 1 is 1.47 bits per heavy atom. The Balaban J connectivity index is 2.07. The number of aromatic nitrogens is 1. The van der Waals surface area contributed by atoms with Crippen molar-refractivity contribution in [3.05, 3.63) is 28.4 Å². The van der Waals surface area contributed by atoms with Crippen LogP contribution in [0.2, 0.25) is 0 Å². The normalized spacial score (nSPS) is 24.3. The minimum Gasteiger partial charge on any atom is -0.473 e. The van der Waals surface area contributed by atoms with Crippen molar-refractivity contribution < 1.29 is 9.66 Å². The topological polar surface area (TPSA) is 91.3 Å². The van der Waals surface area contributed by atoms with Gasteiger partial charge in [-0.25, -0.2) is 4.98 Å². The highest BCUT2D eigenvalue weighted by atomic mass is 16.6. The number of nitrogens with two attached hydrogens (primary N) is 1. The molecule has 1 aromatic rings. The predicted molar refractivity (Wildman–Crippen MR) is 61.8 cm³/mol. The average Bonchev–Trinajstić information content (AvgIpc) is 2.32. The Hall–Kier alpha value is -1.69. The molecule has 0 aliphatic heterocycles. The molecule has 1 heterocycles. The van der Waals surface area contributed by atoms with Gasteiger partial charge in [0.2, 0.25) is 5.88 Å². The van der Waals surface area contributed by atoms with Crippen LogP contribution < -0.4 is 10.5 Å². The van der Waals surface area contributed by atoms with E-state index in [2.05, 4.69) is 4.98 Å². The molecule has 0 radical (unpaired) electrons. The van der Waals surface area contributed by atoms with Crippen LogP contribution in [0.1, 0.15) is 25.7 Å². The summed E-state index contributed by atoms with van der Waals surface area (Å²) in [7, 11) is 0. The third-order valence-corrected chi connectivity index (χ3v) is 2.96.